The molecule has 0 radical (unpaired) electrons. The summed E-state index contributed by atoms with van der Waals surface area (Å²) in [6, 6.07) is 15.7. The largest absolute Gasteiger partial charge is 0.405 e. The van der Waals surface area contributed by atoms with Crippen molar-refractivity contribution in [3.63, 3.8) is 0 Å². The molecule has 0 aliphatic heterocycles. The molecule has 0 aliphatic carbocycles. The summed E-state index contributed by atoms with van der Waals surface area (Å²) in [5.41, 5.74) is 1.95. The van der Waals surface area contributed by atoms with E-state index in [0.717, 1.165) is 5.56 Å². The third-order valence-electron chi connectivity index (χ3n) is 3.68. The van der Waals surface area contributed by atoms with Crippen molar-refractivity contribution in [2.45, 2.75) is 13.1 Å². The number of aromatic nitrogens is 1. The second kappa shape index (κ2) is 7.79. The van der Waals surface area contributed by atoms with Gasteiger partial charge in [0.15, 0.2) is 0 Å². The van der Waals surface area contributed by atoms with Crippen LogP contribution in [-0.4, -0.2) is 23.6 Å². The number of carbonyl (C=O) groups is 1. The Morgan fingerprint density at radius 2 is 1.67 bits per heavy atom. The number of anilines is 2. The molecule has 1 amide bonds. The van der Waals surface area contributed by atoms with Crippen molar-refractivity contribution in [2.75, 3.05) is 17.2 Å². The molecule has 27 heavy (non-hydrogen) atoms. The molecule has 0 saturated carbocycles. The monoisotopic (exact) mass is 391 g/mol. The number of rotatable bonds is 5. The van der Waals surface area contributed by atoms with E-state index in [1.807, 2.05) is 30.3 Å². The predicted molar refractivity (Wildman–Crippen MR) is 101 cm³/mol. The highest BCUT2D eigenvalue weighted by Crippen LogP contribution is 2.29. The second-order valence-corrected chi connectivity index (χ2v) is 6.77. The highest BCUT2D eigenvalue weighted by molar-refractivity contribution is 7.17. The van der Waals surface area contributed by atoms with Crippen LogP contribution in [0.3, 0.4) is 0 Å². The number of carbonyl (C=O) groups excluding carboxylic acids is 1. The maximum absolute atomic E-state index is 12.6. The SMILES string of the molecule is Cc1nc(-c2ccccc2)sc1C(=O)Nc1ccccc1NCC(F)(F)F. The van der Waals surface area contributed by atoms with Crippen LogP contribution in [0.1, 0.15) is 15.4 Å². The van der Waals surface area contributed by atoms with Gasteiger partial charge in [-0.15, -0.1) is 11.3 Å². The Balaban J connectivity index is 1.80. The number of nitrogens with one attached hydrogen (secondary N) is 2. The third kappa shape index (κ3) is 4.85. The van der Waals surface area contributed by atoms with E-state index >= 15 is 0 Å². The van der Waals surface area contributed by atoms with Gasteiger partial charge in [0.2, 0.25) is 0 Å². The van der Waals surface area contributed by atoms with Gasteiger partial charge in [-0.25, -0.2) is 4.98 Å². The Hall–Kier alpha value is -2.87. The van der Waals surface area contributed by atoms with Gasteiger partial charge in [0.05, 0.1) is 17.1 Å². The van der Waals surface area contributed by atoms with E-state index < -0.39 is 18.6 Å². The lowest BCUT2D eigenvalue weighted by Gasteiger charge is -2.14. The average molecular weight is 391 g/mol. The summed E-state index contributed by atoms with van der Waals surface area (Å²) in [6.07, 6.45) is -4.35. The molecule has 3 aromatic rings. The fourth-order valence-electron chi connectivity index (χ4n) is 2.43. The number of thiazole rings is 1. The van der Waals surface area contributed by atoms with Crippen molar-refractivity contribution in [3.05, 3.63) is 65.2 Å². The molecule has 0 unspecified atom stereocenters. The van der Waals surface area contributed by atoms with Gasteiger partial charge < -0.3 is 10.6 Å². The molecule has 140 valence electrons. The molecule has 0 aliphatic rings. The highest BCUT2D eigenvalue weighted by atomic mass is 32.1. The van der Waals surface area contributed by atoms with E-state index in [1.54, 1.807) is 25.1 Å². The zero-order valence-electron chi connectivity index (χ0n) is 14.3. The van der Waals surface area contributed by atoms with Crippen LogP contribution >= 0.6 is 11.3 Å². The van der Waals surface area contributed by atoms with Gasteiger partial charge in [0, 0.05) is 5.56 Å². The summed E-state index contributed by atoms with van der Waals surface area (Å²) in [5, 5.41) is 5.68. The highest BCUT2D eigenvalue weighted by Gasteiger charge is 2.27. The van der Waals surface area contributed by atoms with Crippen LogP contribution in [-0.2, 0) is 0 Å². The minimum Gasteiger partial charge on any atom is -0.375 e. The van der Waals surface area contributed by atoms with Crippen molar-refractivity contribution in [1.82, 2.24) is 4.98 Å². The van der Waals surface area contributed by atoms with Gasteiger partial charge in [-0.2, -0.15) is 13.2 Å². The molecule has 0 bridgehead atoms. The number of halogens is 3. The summed E-state index contributed by atoms with van der Waals surface area (Å²) in [4.78, 5) is 17.5. The van der Waals surface area contributed by atoms with E-state index in [-0.39, 0.29) is 11.4 Å². The molecule has 1 aromatic heterocycles. The number of hydrogen-bond donors (Lipinski definition) is 2. The van der Waals surface area contributed by atoms with Crippen molar-refractivity contribution >= 4 is 28.6 Å². The van der Waals surface area contributed by atoms with E-state index in [0.29, 0.717) is 15.6 Å². The normalized spacial score (nSPS) is 11.3. The zero-order valence-corrected chi connectivity index (χ0v) is 15.1. The molecule has 0 saturated heterocycles. The minimum absolute atomic E-state index is 0.202. The smallest absolute Gasteiger partial charge is 0.375 e. The van der Waals surface area contributed by atoms with Gasteiger partial charge in [-0.05, 0) is 19.1 Å². The van der Waals surface area contributed by atoms with Crippen LogP contribution in [0.25, 0.3) is 10.6 Å². The molecule has 0 spiro atoms. The Labute approximate surface area is 158 Å². The standard InChI is InChI=1S/C19H16F3N3OS/c1-12-16(27-18(24-12)13-7-3-2-4-8-13)17(26)25-15-10-6-5-9-14(15)23-11-19(20,21)22/h2-10,23H,11H2,1H3,(H,25,26). The van der Waals surface area contributed by atoms with Crippen molar-refractivity contribution in [1.29, 1.82) is 0 Å². The third-order valence-corrected chi connectivity index (χ3v) is 4.88. The second-order valence-electron chi connectivity index (χ2n) is 5.77. The van der Waals surface area contributed by atoms with Gasteiger partial charge >= 0.3 is 6.18 Å². The Morgan fingerprint density at radius 3 is 2.33 bits per heavy atom. The van der Waals surface area contributed by atoms with Crippen molar-refractivity contribution < 1.29 is 18.0 Å². The fraction of sp³-hybridized carbons (Fsp3) is 0.158. The molecule has 3 rings (SSSR count). The van der Waals surface area contributed by atoms with Gasteiger partial charge in [-0.3, -0.25) is 4.79 Å². The molecular formula is C19H16F3N3OS. The van der Waals surface area contributed by atoms with Crippen molar-refractivity contribution in [2.24, 2.45) is 0 Å². The van der Waals surface area contributed by atoms with E-state index in [4.69, 9.17) is 0 Å². The van der Waals surface area contributed by atoms with Crippen LogP contribution in [0.5, 0.6) is 0 Å². The average Bonchev–Trinajstić information content (AvgIpc) is 3.03. The molecule has 2 aromatic carbocycles. The van der Waals surface area contributed by atoms with Crippen LogP contribution in [0, 0.1) is 6.92 Å². The topological polar surface area (TPSA) is 54.0 Å². The molecule has 4 nitrogen and oxygen atoms in total. The Morgan fingerprint density at radius 1 is 1.04 bits per heavy atom. The zero-order chi connectivity index (χ0) is 19.4. The van der Waals surface area contributed by atoms with Crippen LogP contribution in [0.4, 0.5) is 24.5 Å². The first kappa shape index (κ1) is 18.9. The lowest BCUT2D eigenvalue weighted by Crippen LogP contribution is -2.22. The first-order valence-corrected chi connectivity index (χ1v) is 8.89. The van der Waals surface area contributed by atoms with Crippen LogP contribution in [0.15, 0.2) is 54.6 Å². The lowest BCUT2D eigenvalue weighted by molar-refractivity contribution is -0.115. The van der Waals surface area contributed by atoms with Crippen LogP contribution in [0.2, 0.25) is 0 Å². The number of amides is 1. The molecular weight excluding hydrogens is 375 g/mol. The van der Waals surface area contributed by atoms with E-state index in [1.165, 1.54) is 17.4 Å². The number of para-hydroxylation sites is 2. The molecule has 0 atom stereocenters. The summed E-state index contributed by atoms with van der Waals surface area (Å²) in [7, 11) is 0. The van der Waals surface area contributed by atoms with E-state index in [2.05, 4.69) is 15.6 Å². The molecule has 8 heteroatoms. The number of alkyl halides is 3. The Bertz CT molecular complexity index is 939. The number of benzene rings is 2. The first-order chi connectivity index (χ1) is 12.8. The maximum Gasteiger partial charge on any atom is 0.405 e. The number of hydrogen-bond acceptors (Lipinski definition) is 4. The summed E-state index contributed by atoms with van der Waals surface area (Å²) >= 11 is 1.24. The molecule has 2 N–H and O–H groups in total. The summed E-state index contributed by atoms with van der Waals surface area (Å²) in [5.74, 6) is -0.409. The minimum atomic E-state index is -4.35. The summed E-state index contributed by atoms with van der Waals surface area (Å²) in [6.45, 7) is 0.545. The van der Waals surface area contributed by atoms with Crippen molar-refractivity contribution in [3.8, 4) is 10.6 Å². The Kier molecular flexibility index (Phi) is 5.46. The summed E-state index contributed by atoms with van der Waals surface area (Å²) < 4.78 is 37.4. The van der Waals surface area contributed by atoms with E-state index in [9.17, 15) is 18.0 Å². The van der Waals surface area contributed by atoms with Crippen LogP contribution < -0.4 is 10.6 Å². The molecule has 0 fully saturated rings. The quantitative estimate of drug-likeness (QED) is 0.617. The lowest BCUT2D eigenvalue weighted by atomic mass is 10.2. The molecule has 1 heterocycles. The van der Waals surface area contributed by atoms with Gasteiger partial charge in [0.1, 0.15) is 16.4 Å². The first-order valence-electron chi connectivity index (χ1n) is 8.07. The maximum atomic E-state index is 12.6. The van der Waals surface area contributed by atoms with Gasteiger partial charge in [0.25, 0.3) is 5.91 Å². The number of nitrogens with zero attached hydrogens (tertiary/aromatic N) is 1. The van der Waals surface area contributed by atoms with Gasteiger partial charge in [-0.1, -0.05) is 42.5 Å². The fourth-order valence-corrected chi connectivity index (χ4v) is 3.40. The number of aryl methyl sites for hydroxylation is 1. The predicted octanol–water partition coefficient (Wildman–Crippen LogP) is 5.35.